The number of hydrogen-bond acceptors (Lipinski definition) is 4. The summed E-state index contributed by atoms with van der Waals surface area (Å²) in [6, 6.07) is 8.33. The minimum atomic E-state index is 0.531. The molecule has 130 valence electrons. The molecule has 4 nitrogen and oxygen atoms in total. The Morgan fingerprint density at radius 2 is 1.83 bits per heavy atom. The SMILES string of the molecule is CN1CCN(CCCc2ccccc2OCCOCCCl)CC1. The summed E-state index contributed by atoms with van der Waals surface area (Å²) in [5.41, 5.74) is 1.29. The predicted octanol–water partition coefficient (Wildman–Crippen LogP) is 2.50. The average molecular weight is 341 g/mol. The van der Waals surface area contributed by atoms with Crippen LogP contribution in [-0.2, 0) is 11.2 Å². The third-order valence-electron chi connectivity index (χ3n) is 4.20. The number of nitrogens with zero attached hydrogens (tertiary/aromatic N) is 2. The van der Waals surface area contributed by atoms with Crippen molar-refractivity contribution in [2.24, 2.45) is 0 Å². The van der Waals surface area contributed by atoms with Gasteiger partial charge in [0.25, 0.3) is 0 Å². The third-order valence-corrected chi connectivity index (χ3v) is 4.35. The average Bonchev–Trinajstić information content (AvgIpc) is 2.58. The van der Waals surface area contributed by atoms with Crippen molar-refractivity contribution in [1.29, 1.82) is 0 Å². The second-order valence-corrected chi connectivity index (χ2v) is 6.38. The molecule has 1 aliphatic rings. The number of halogens is 1. The van der Waals surface area contributed by atoms with Crippen molar-refractivity contribution < 1.29 is 9.47 Å². The fourth-order valence-electron chi connectivity index (χ4n) is 2.78. The summed E-state index contributed by atoms with van der Waals surface area (Å²) in [4.78, 5) is 4.95. The molecule has 0 aromatic heterocycles. The van der Waals surface area contributed by atoms with E-state index in [0.717, 1.165) is 12.2 Å². The van der Waals surface area contributed by atoms with Gasteiger partial charge in [0.15, 0.2) is 0 Å². The Kier molecular flexibility index (Phi) is 8.76. The number of likely N-dealkylation sites (N-methyl/N-ethyl adjacent to an activating group) is 1. The highest BCUT2D eigenvalue weighted by Crippen LogP contribution is 2.19. The topological polar surface area (TPSA) is 24.9 Å². The van der Waals surface area contributed by atoms with Gasteiger partial charge in [-0.05, 0) is 38.1 Å². The highest BCUT2D eigenvalue weighted by molar-refractivity contribution is 6.17. The number of aryl methyl sites for hydroxylation is 1. The maximum atomic E-state index is 5.85. The zero-order valence-corrected chi connectivity index (χ0v) is 14.9. The van der Waals surface area contributed by atoms with E-state index >= 15 is 0 Å². The number of para-hydroxylation sites is 1. The van der Waals surface area contributed by atoms with Crippen LogP contribution in [0.1, 0.15) is 12.0 Å². The molecule has 0 N–H and O–H groups in total. The maximum absolute atomic E-state index is 5.85. The van der Waals surface area contributed by atoms with Crippen molar-refractivity contribution >= 4 is 11.6 Å². The van der Waals surface area contributed by atoms with E-state index in [1.807, 2.05) is 12.1 Å². The molecule has 1 aliphatic heterocycles. The first kappa shape index (κ1) is 18.5. The van der Waals surface area contributed by atoms with Crippen molar-refractivity contribution in [2.45, 2.75) is 12.8 Å². The summed E-state index contributed by atoms with van der Waals surface area (Å²) < 4.78 is 11.2. The molecule has 1 fully saturated rings. The lowest BCUT2D eigenvalue weighted by Gasteiger charge is -2.32. The highest BCUT2D eigenvalue weighted by Gasteiger charge is 2.13. The Labute approximate surface area is 145 Å². The van der Waals surface area contributed by atoms with Crippen molar-refractivity contribution in [3.05, 3.63) is 29.8 Å². The van der Waals surface area contributed by atoms with Gasteiger partial charge in [0, 0.05) is 32.1 Å². The molecule has 0 unspecified atom stereocenters. The Bertz CT molecular complexity index is 437. The smallest absolute Gasteiger partial charge is 0.122 e. The third kappa shape index (κ3) is 7.08. The number of ether oxygens (including phenoxy) is 2. The summed E-state index contributed by atoms with van der Waals surface area (Å²) in [5, 5.41) is 0. The number of alkyl halides is 1. The van der Waals surface area contributed by atoms with Crippen LogP contribution in [0.15, 0.2) is 24.3 Å². The van der Waals surface area contributed by atoms with Gasteiger partial charge < -0.3 is 19.3 Å². The Balaban J connectivity index is 1.69. The van der Waals surface area contributed by atoms with Crippen LogP contribution in [0.4, 0.5) is 0 Å². The van der Waals surface area contributed by atoms with Gasteiger partial charge in [-0.3, -0.25) is 0 Å². The zero-order valence-electron chi connectivity index (χ0n) is 14.2. The van der Waals surface area contributed by atoms with Gasteiger partial charge in [-0.25, -0.2) is 0 Å². The second-order valence-electron chi connectivity index (χ2n) is 6.01. The molecular formula is C18H29ClN2O2. The summed E-state index contributed by atoms with van der Waals surface area (Å²) in [6.45, 7) is 7.65. The minimum Gasteiger partial charge on any atom is -0.491 e. The van der Waals surface area contributed by atoms with Crippen molar-refractivity contribution in [2.75, 3.05) is 65.5 Å². The van der Waals surface area contributed by atoms with Crippen molar-refractivity contribution in [3.63, 3.8) is 0 Å². The lowest BCUT2D eigenvalue weighted by Crippen LogP contribution is -2.44. The van der Waals surface area contributed by atoms with Gasteiger partial charge in [0.1, 0.15) is 12.4 Å². The van der Waals surface area contributed by atoms with E-state index in [1.54, 1.807) is 0 Å². The molecule has 0 aliphatic carbocycles. The molecule has 0 spiro atoms. The quantitative estimate of drug-likeness (QED) is 0.482. The highest BCUT2D eigenvalue weighted by atomic mass is 35.5. The first-order valence-corrected chi connectivity index (χ1v) is 9.08. The number of piperazine rings is 1. The van der Waals surface area contributed by atoms with Crippen LogP contribution < -0.4 is 4.74 Å². The summed E-state index contributed by atoms with van der Waals surface area (Å²) in [6.07, 6.45) is 2.23. The van der Waals surface area contributed by atoms with E-state index in [-0.39, 0.29) is 0 Å². The Hall–Kier alpha value is -0.810. The molecule has 5 heteroatoms. The van der Waals surface area contributed by atoms with Crippen LogP contribution >= 0.6 is 11.6 Å². The lowest BCUT2D eigenvalue weighted by molar-refractivity contribution is 0.111. The van der Waals surface area contributed by atoms with Gasteiger partial charge in [-0.15, -0.1) is 11.6 Å². The number of benzene rings is 1. The lowest BCUT2D eigenvalue weighted by atomic mass is 10.1. The molecule has 1 saturated heterocycles. The van der Waals surface area contributed by atoms with Crippen molar-refractivity contribution in [3.8, 4) is 5.75 Å². The minimum absolute atomic E-state index is 0.531. The van der Waals surface area contributed by atoms with Gasteiger partial charge in [0.2, 0.25) is 0 Å². The molecule has 0 radical (unpaired) electrons. The summed E-state index contributed by atoms with van der Waals surface area (Å²) >= 11 is 5.58. The number of rotatable bonds is 10. The molecule has 1 heterocycles. The van der Waals surface area contributed by atoms with Crippen LogP contribution in [0.5, 0.6) is 5.75 Å². The normalized spacial score (nSPS) is 16.6. The van der Waals surface area contributed by atoms with Crippen LogP contribution in [0.2, 0.25) is 0 Å². The molecular weight excluding hydrogens is 312 g/mol. The van der Waals surface area contributed by atoms with Crippen LogP contribution in [0, 0.1) is 0 Å². The molecule has 0 bridgehead atoms. The zero-order chi connectivity index (χ0) is 16.3. The summed E-state index contributed by atoms with van der Waals surface area (Å²) in [5.74, 6) is 1.52. The second kappa shape index (κ2) is 10.9. The fraction of sp³-hybridized carbons (Fsp3) is 0.667. The van der Waals surface area contributed by atoms with Gasteiger partial charge in [-0.1, -0.05) is 18.2 Å². The standard InChI is InChI=1S/C18H29ClN2O2/c1-20-10-12-21(13-11-20)9-4-6-17-5-2-3-7-18(17)23-16-15-22-14-8-19/h2-3,5,7H,4,6,8-16H2,1H3. The maximum Gasteiger partial charge on any atom is 0.122 e. The Morgan fingerprint density at radius 1 is 1.04 bits per heavy atom. The van der Waals surface area contributed by atoms with Crippen LogP contribution in [0.25, 0.3) is 0 Å². The summed E-state index contributed by atoms with van der Waals surface area (Å²) in [7, 11) is 2.20. The van der Waals surface area contributed by atoms with Gasteiger partial charge >= 0.3 is 0 Å². The monoisotopic (exact) mass is 340 g/mol. The van der Waals surface area contributed by atoms with Crippen molar-refractivity contribution in [1.82, 2.24) is 9.80 Å². The van der Waals surface area contributed by atoms with E-state index < -0.39 is 0 Å². The Morgan fingerprint density at radius 3 is 2.61 bits per heavy atom. The van der Waals surface area contributed by atoms with E-state index in [2.05, 4.69) is 29.0 Å². The number of hydrogen-bond donors (Lipinski definition) is 0. The van der Waals surface area contributed by atoms with E-state index in [4.69, 9.17) is 21.1 Å². The largest absolute Gasteiger partial charge is 0.491 e. The molecule has 2 rings (SSSR count). The van der Waals surface area contributed by atoms with Gasteiger partial charge in [0.05, 0.1) is 13.2 Å². The predicted molar refractivity (Wildman–Crippen MR) is 95.7 cm³/mol. The van der Waals surface area contributed by atoms with Gasteiger partial charge in [-0.2, -0.15) is 0 Å². The fourth-order valence-corrected chi connectivity index (χ4v) is 2.89. The molecule has 1 aromatic rings. The molecule has 0 amide bonds. The van der Waals surface area contributed by atoms with Crippen LogP contribution in [-0.4, -0.2) is 75.3 Å². The molecule has 0 atom stereocenters. The first-order chi connectivity index (χ1) is 11.3. The first-order valence-electron chi connectivity index (χ1n) is 8.55. The van der Waals surface area contributed by atoms with E-state index in [0.29, 0.717) is 25.7 Å². The van der Waals surface area contributed by atoms with E-state index in [1.165, 1.54) is 44.7 Å². The molecule has 1 aromatic carbocycles. The van der Waals surface area contributed by atoms with E-state index in [9.17, 15) is 0 Å². The molecule has 0 saturated carbocycles. The van der Waals surface area contributed by atoms with Crippen LogP contribution in [0.3, 0.4) is 0 Å². The molecule has 23 heavy (non-hydrogen) atoms.